The van der Waals surface area contributed by atoms with Gasteiger partial charge in [-0.1, -0.05) is 30.4 Å². The molecule has 0 N–H and O–H groups in total. The highest BCUT2D eigenvalue weighted by molar-refractivity contribution is 7.91. The highest BCUT2D eigenvalue weighted by atomic mass is 32.2. The first-order chi connectivity index (χ1) is 16.3. The van der Waals surface area contributed by atoms with E-state index in [4.69, 9.17) is 9.72 Å². The molecule has 2 heterocycles. The predicted molar refractivity (Wildman–Crippen MR) is 134 cm³/mol. The van der Waals surface area contributed by atoms with Crippen LogP contribution in [-0.2, 0) is 16.4 Å². The third-order valence-electron chi connectivity index (χ3n) is 5.57. The molecule has 0 aliphatic carbocycles. The number of fused-ring (bicyclic) bond motifs is 1. The molecule has 0 aliphatic heterocycles. The second-order valence-electron chi connectivity index (χ2n) is 7.80. The van der Waals surface area contributed by atoms with Crippen molar-refractivity contribution in [3.63, 3.8) is 0 Å². The molecule has 0 unspecified atom stereocenters. The molecule has 0 spiro atoms. The van der Waals surface area contributed by atoms with Gasteiger partial charge in [-0.15, -0.1) is 0 Å². The van der Waals surface area contributed by atoms with Crippen molar-refractivity contribution in [2.75, 3.05) is 24.3 Å². The fourth-order valence-corrected chi connectivity index (χ4v) is 5.64. The molecule has 0 radical (unpaired) electrons. The first-order valence-corrected chi connectivity index (χ1v) is 13.4. The molecule has 0 bridgehead atoms. The van der Waals surface area contributed by atoms with Gasteiger partial charge in [0.1, 0.15) is 11.3 Å². The monoisotopic (exact) mass is 498 g/mol. The molecule has 4 rings (SSSR count). The van der Waals surface area contributed by atoms with E-state index in [0.717, 1.165) is 10.3 Å². The number of hydrogen-bond donors (Lipinski definition) is 0. The fourth-order valence-electron chi connectivity index (χ4n) is 3.64. The van der Waals surface area contributed by atoms with Crippen molar-refractivity contribution in [3.8, 4) is 5.75 Å². The van der Waals surface area contributed by atoms with Crippen molar-refractivity contribution >= 4 is 42.4 Å². The lowest BCUT2D eigenvalue weighted by Gasteiger charge is -2.20. The highest BCUT2D eigenvalue weighted by Crippen LogP contribution is 2.37. The Morgan fingerprint density at radius 2 is 2.06 bits per heavy atom. The third-order valence-corrected chi connectivity index (χ3v) is 8.51. The standard InChI is InChI=1S/C24H26N4O4S2/c1-4-34(30,31)19-8-5-7-18(15-19)23(29)28(13-6-12-27-14-11-25-16-27)24-26-21-20(32-3)10-9-17(2)22(21)33-24/h5,7-11,14-16H,4,6,12-13H2,1-3H3. The van der Waals surface area contributed by atoms with Crippen molar-refractivity contribution < 1.29 is 17.9 Å². The molecule has 10 heteroatoms. The Morgan fingerprint density at radius 1 is 1.24 bits per heavy atom. The van der Waals surface area contributed by atoms with E-state index >= 15 is 0 Å². The Kier molecular flexibility index (Phi) is 6.99. The largest absolute Gasteiger partial charge is 0.494 e. The Hall–Kier alpha value is -3.24. The molecule has 0 fully saturated rings. The summed E-state index contributed by atoms with van der Waals surface area (Å²) in [5, 5.41) is 0.544. The second kappa shape index (κ2) is 9.94. The maximum atomic E-state index is 13.7. The molecule has 2 aromatic heterocycles. The van der Waals surface area contributed by atoms with Gasteiger partial charge in [-0.2, -0.15) is 0 Å². The van der Waals surface area contributed by atoms with E-state index in [2.05, 4.69) is 4.98 Å². The van der Waals surface area contributed by atoms with Crippen molar-refractivity contribution in [1.29, 1.82) is 0 Å². The van der Waals surface area contributed by atoms with Gasteiger partial charge in [0.05, 0.1) is 28.8 Å². The molecule has 0 aliphatic rings. The number of carbonyl (C=O) groups excluding carboxylic acids is 1. The van der Waals surface area contributed by atoms with E-state index in [1.54, 1.807) is 43.6 Å². The summed E-state index contributed by atoms with van der Waals surface area (Å²) >= 11 is 1.42. The Bertz CT molecular complexity index is 1410. The topological polar surface area (TPSA) is 94.4 Å². The van der Waals surface area contributed by atoms with E-state index in [0.29, 0.717) is 41.5 Å². The average Bonchev–Trinajstić information content (AvgIpc) is 3.53. The fraction of sp³-hybridized carbons (Fsp3) is 0.292. The number of ether oxygens (including phenoxy) is 1. The first kappa shape index (κ1) is 23.9. The summed E-state index contributed by atoms with van der Waals surface area (Å²) in [6, 6.07) is 10.0. The zero-order valence-corrected chi connectivity index (χ0v) is 20.9. The normalized spacial score (nSPS) is 11.6. The van der Waals surface area contributed by atoms with E-state index in [-0.39, 0.29) is 16.6 Å². The van der Waals surface area contributed by atoms with Crippen LogP contribution in [0.25, 0.3) is 10.2 Å². The summed E-state index contributed by atoms with van der Waals surface area (Å²) in [4.78, 5) is 24.2. The van der Waals surface area contributed by atoms with Gasteiger partial charge in [-0.25, -0.2) is 18.4 Å². The minimum atomic E-state index is -3.44. The number of aryl methyl sites for hydroxylation is 2. The summed E-state index contributed by atoms with van der Waals surface area (Å²) in [6.07, 6.45) is 5.99. The number of thiazole rings is 1. The van der Waals surface area contributed by atoms with Gasteiger partial charge >= 0.3 is 0 Å². The lowest BCUT2D eigenvalue weighted by Crippen LogP contribution is -2.32. The maximum absolute atomic E-state index is 13.7. The lowest BCUT2D eigenvalue weighted by atomic mass is 10.2. The van der Waals surface area contributed by atoms with Crippen LogP contribution in [0.2, 0.25) is 0 Å². The molecular weight excluding hydrogens is 472 g/mol. The van der Waals surface area contributed by atoms with Crippen LogP contribution >= 0.6 is 11.3 Å². The molecule has 8 nitrogen and oxygen atoms in total. The van der Waals surface area contributed by atoms with Crippen LogP contribution in [0.4, 0.5) is 5.13 Å². The molecule has 0 saturated heterocycles. The average molecular weight is 499 g/mol. The highest BCUT2D eigenvalue weighted by Gasteiger charge is 2.24. The number of rotatable bonds is 9. The molecule has 0 atom stereocenters. The minimum Gasteiger partial charge on any atom is -0.494 e. The van der Waals surface area contributed by atoms with Gasteiger partial charge in [-0.3, -0.25) is 9.69 Å². The molecule has 0 saturated carbocycles. The van der Waals surface area contributed by atoms with Crippen LogP contribution in [0.5, 0.6) is 5.75 Å². The second-order valence-corrected chi connectivity index (χ2v) is 11.1. The zero-order valence-electron chi connectivity index (χ0n) is 19.3. The Labute approximate surface area is 202 Å². The van der Waals surface area contributed by atoms with Gasteiger partial charge in [0, 0.05) is 31.0 Å². The number of methoxy groups -OCH3 is 1. The smallest absolute Gasteiger partial charge is 0.260 e. The molecule has 2 aromatic carbocycles. The number of carbonyl (C=O) groups is 1. The van der Waals surface area contributed by atoms with Crippen molar-refractivity contribution in [3.05, 3.63) is 66.2 Å². The van der Waals surface area contributed by atoms with E-state index in [1.165, 1.54) is 23.5 Å². The summed E-state index contributed by atoms with van der Waals surface area (Å²) in [5.41, 5.74) is 2.05. The first-order valence-electron chi connectivity index (χ1n) is 10.9. The summed E-state index contributed by atoms with van der Waals surface area (Å²) in [7, 11) is -1.84. The number of hydrogen-bond acceptors (Lipinski definition) is 7. The van der Waals surface area contributed by atoms with E-state index in [9.17, 15) is 13.2 Å². The third kappa shape index (κ3) is 4.83. The maximum Gasteiger partial charge on any atom is 0.260 e. The summed E-state index contributed by atoms with van der Waals surface area (Å²) in [5.74, 6) is 0.315. The molecule has 34 heavy (non-hydrogen) atoms. The van der Waals surface area contributed by atoms with Crippen LogP contribution in [0, 0.1) is 6.92 Å². The van der Waals surface area contributed by atoms with Crippen LogP contribution in [0.3, 0.4) is 0 Å². The van der Waals surface area contributed by atoms with Crippen LogP contribution in [0.1, 0.15) is 29.3 Å². The van der Waals surface area contributed by atoms with Crippen molar-refractivity contribution in [2.24, 2.45) is 0 Å². The van der Waals surface area contributed by atoms with Crippen molar-refractivity contribution in [1.82, 2.24) is 14.5 Å². The number of sulfone groups is 1. The molecule has 4 aromatic rings. The molecule has 1 amide bonds. The van der Waals surface area contributed by atoms with Crippen LogP contribution in [0.15, 0.2) is 60.0 Å². The van der Waals surface area contributed by atoms with Gasteiger partial charge in [-0.05, 0) is 43.2 Å². The number of nitrogens with zero attached hydrogens (tertiary/aromatic N) is 4. The van der Waals surface area contributed by atoms with E-state index in [1.807, 2.05) is 29.8 Å². The minimum absolute atomic E-state index is 0.0315. The molecule has 178 valence electrons. The predicted octanol–water partition coefficient (Wildman–Crippen LogP) is 4.34. The van der Waals surface area contributed by atoms with Crippen LogP contribution in [-0.4, -0.2) is 48.3 Å². The number of amides is 1. The Morgan fingerprint density at radius 3 is 2.76 bits per heavy atom. The SMILES string of the molecule is CCS(=O)(=O)c1cccc(C(=O)N(CCCn2ccnc2)c2nc3c(OC)ccc(C)c3s2)c1. The Balaban J connectivity index is 1.72. The molecular formula is C24H26N4O4S2. The summed E-state index contributed by atoms with van der Waals surface area (Å²) < 4.78 is 33.1. The van der Waals surface area contributed by atoms with Gasteiger partial charge in [0.25, 0.3) is 5.91 Å². The van der Waals surface area contributed by atoms with Gasteiger partial charge in [0.15, 0.2) is 15.0 Å². The number of aromatic nitrogens is 3. The van der Waals surface area contributed by atoms with Gasteiger partial charge < -0.3 is 9.30 Å². The van der Waals surface area contributed by atoms with Crippen LogP contribution < -0.4 is 9.64 Å². The lowest BCUT2D eigenvalue weighted by molar-refractivity contribution is 0.0986. The van der Waals surface area contributed by atoms with Gasteiger partial charge in [0.2, 0.25) is 0 Å². The number of anilines is 1. The number of benzene rings is 2. The zero-order chi connectivity index (χ0) is 24.3. The van der Waals surface area contributed by atoms with E-state index < -0.39 is 9.84 Å². The van der Waals surface area contributed by atoms with Crippen molar-refractivity contribution in [2.45, 2.75) is 31.7 Å². The summed E-state index contributed by atoms with van der Waals surface area (Å²) in [6.45, 7) is 4.67. The number of imidazole rings is 1. The quantitative estimate of drug-likeness (QED) is 0.341.